The Hall–Kier alpha value is -2.42. The van der Waals surface area contributed by atoms with Crippen molar-refractivity contribution >= 4 is 23.0 Å². The first-order valence-corrected chi connectivity index (χ1v) is 13.5. The molecular weight excluding hydrogens is 462 g/mol. The molecule has 0 bridgehead atoms. The standard InChI is InChI=1S/C27H35N3O4S/c1-31-16-20-12-23(32-2)25(24(13-20)33-3)21-6-5-7-22-26(27(35-4)28-30(21)22)29(14-18-8-9-18)15-19-10-11-34-17-19/h5-7,12-13,18-19H,8-11,14-17H2,1-4H3. The van der Waals surface area contributed by atoms with Gasteiger partial charge in [0.25, 0.3) is 0 Å². The highest BCUT2D eigenvalue weighted by Crippen LogP contribution is 2.43. The lowest BCUT2D eigenvalue weighted by Crippen LogP contribution is -2.32. The molecule has 1 saturated heterocycles. The minimum atomic E-state index is 0.487. The topological polar surface area (TPSA) is 57.5 Å². The minimum absolute atomic E-state index is 0.487. The first-order valence-electron chi connectivity index (χ1n) is 12.3. The molecule has 5 rings (SSSR count). The van der Waals surface area contributed by atoms with Gasteiger partial charge in [-0.1, -0.05) is 6.07 Å². The summed E-state index contributed by atoms with van der Waals surface area (Å²) >= 11 is 1.70. The molecule has 0 N–H and O–H groups in total. The molecule has 0 spiro atoms. The van der Waals surface area contributed by atoms with Gasteiger partial charge >= 0.3 is 0 Å². The van der Waals surface area contributed by atoms with Gasteiger partial charge in [0.05, 0.1) is 49.9 Å². The molecule has 0 radical (unpaired) electrons. The summed E-state index contributed by atoms with van der Waals surface area (Å²) in [7, 11) is 5.07. The summed E-state index contributed by atoms with van der Waals surface area (Å²) in [5, 5.41) is 6.16. The van der Waals surface area contributed by atoms with Gasteiger partial charge in [0.1, 0.15) is 16.5 Å². The smallest absolute Gasteiger partial charge is 0.142 e. The van der Waals surface area contributed by atoms with Crippen molar-refractivity contribution in [2.75, 3.05) is 58.8 Å². The quantitative estimate of drug-likeness (QED) is 0.340. The number of benzene rings is 1. The summed E-state index contributed by atoms with van der Waals surface area (Å²) in [6.45, 7) is 4.29. The Labute approximate surface area is 211 Å². The van der Waals surface area contributed by atoms with Gasteiger partial charge in [-0.15, -0.1) is 11.8 Å². The molecule has 1 aliphatic heterocycles. The highest BCUT2D eigenvalue weighted by Gasteiger charge is 2.31. The number of rotatable bonds is 11. The second-order valence-corrected chi connectivity index (χ2v) is 10.2. The van der Waals surface area contributed by atoms with E-state index in [1.807, 2.05) is 12.1 Å². The van der Waals surface area contributed by atoms with Crippen LogP contribution in [-0.2, 0) is 16.1 Å². The summed E-state index contributed by atoms with van der Waals surface area (Å²) in [4.78, 5) is 2.57. The molecule has 8 heteroatoms. The van der Waals surface area contributed by atoms with Crippen LogP contribution in [0.25, 0.3) is 16.8 Å². The van der Waals surface area contributed by atoms with Crippen molar-refractivity contribution in [3.05, 3.63) is 35.9 Å². The third-order valence-electron chi connectivity index (χ3n) is 6.92. The molecule has 35 heavy (non-hydrogen) atoms. The van der Waals surface area contributed by atoms with Crippen LogP contribution in [0.5, 0.6) is 11.5 Å². The van der Waals surface area contributed by atoms with E-state index in [1.165, 1.54) is 18.5 Å². The van der Waals surface area contributed by atoms with Crippen LogP contribution in [0.3, 0.4) is 0 Å². The molecular formula is C27H35N3O4S. The molecule has 7 nitrogen and oxygen atoms in total. The van der Waals surface area contributed by atoms with E-state index >= 15 is 0 Å². The van der Waals surface area contributed by atoms with E-state index in [4.69, 9.17) is 24.0 Å². The summed E-state index contributed by atoms with van der Waals surface area (Å²) in [5.74, 6) is 2.82. The van der Waals surface area contributed by atoms with Crippen molar-refractivity contribution in [2.45, 2.75) is 30.9 Å². The van der Waals surface area contributed by atoms with E-state index in [9.17, 15) is 0 Å². The fraction of sp³-hybridized carbons (Fsp3) is 0.519. The molecule has 2 fully saturated rings. The van der Waals surface area contributed by atoms with Gasteiger partial charge in [0.15, 0.2) is 0 Å². The molecule has 1 atom stereocenters. The molecule has 1 aromatic carbocycles. The van der Waals surface area contributed by atoms with Crippen molar-refractivity contribution in [3.63, 3.8) is 0 Å². The Bertz CT molecular complexity index is 1150. The summed E-state index contributed by atoms with van der Waals surface area (Å²) < 4.78 is 24.8. The van der Waals surface area contributed by atoms with Crippen molar-refractivity contribution in [3.8, 4) is 22.8 Å². The normalized spacial score (nSPS) is 17.8. The van der Waals surface area contributed by atoms with Crippen LogP contribution in [0.15, 0.2) is 35.4 Å². The highest BCUT2D eigenvalue weighted by molar-refractivity contribution is 7.98. The van der Waals surface area contributed by atoms with Gasteiger partial charge in [-0.2, -0.15) is 5.10 Å². The van der Waals surface area contributed by atoms with E-state index in [1.54, 1.807) is 33.1 Å². The van der Waals surface area contributed by atoms with Gasteiger partial charge in [-0.3, -0.25) is 0 Å². The number of pyridine rings is 1. The zero-order chi connectivity index (χ0) is 24.4. The van der Waals surface area contributed by atoms with Gasteiger partial charge in [-0.05, 0) is 61.3 Å². The SMILES string of the molecule is COCc1cc(OC)c(-c2cccc3c(N(CC4CC4)CC4CCOC4)c(SC)nn23)c(OC)c1. The van der Waals surface area contributed by atoms with E-state index in [0.717, 1.165) is 77.5 Å². The van der Waals surface area contributed by atoms with Gasteiger partial charge in [0, 0.05) is 32.7 Å². The number of methoxy groups -OCH3 is 3. The summed E-state index contributed by atoms with van der Waals surface area (Å²) in [6.07, 6.45) is 5.87. The lowest BCUT2D eigenvalue weighted by atomic mass is 10.0. The lowest BCUT2D eigenvalue weighted by Gasteiger charge is -2.27. The molecule has 2 aliphatic rings. The second kappa shape index (κ2) is 10.7. The Morgan fingerprint density at radius 3 is 2.40 bits per heavy atom. The number of anilines is 1. The average molecular weight is 498 g/mol. The van der Waals surface area contributed by atoms with Crippen molar-refractivity contribution in [1.29, 1.82) is 0 Å². The van der Waals surface area contributed by atoms with Crippen LogP contribution in [0.2, 0.25) is 0 Å². The third kappa shape index (κ3) is 4.97. The van der Waals surface area contributed by atoms with Crippen LogP contribution in [0.1, 0.15) is 24.8 Å². The predicted octanol–water partition coefficient (Wildman–Crippen LogP) is 5.14. The van der Waals surface area contributed by atoms with Crippen LogP contribution >= 0.6 is 11.8 Å². The van der Waals surface area contributed by atoms with Gasteiger partial charge < -0.3 is 23.8 Å². The zero-order valence-electron chi connectivity index (χ0n) is 21.1. The molecule has 1 aliphatic carbocycles. The Kier molecular flexibility index (Phi) is 7.41. The van der Waals surface area contributed by atoms with Crippen LogP contribution in [0.4, 0.5) is 5.69 Å². The van der Waals surface area contributed by atoms with E-state index in [2.05, 4.69) is 33.9 Å². The molecule has 3 aromatic rings. The number of aromatic nitrogens is 2. The molecule has 0 amide bonds. The molecule has 3 heterocycles. The predicted molar refractivity (Wildman–Crippen MR) is 140 cm³/mol. The largest absolute Gasteiger partial charge is 0.496 e. The number of fused-ring (bicyclic) bond motifs is 1. The van der Waals surface area contributed by atoms with E-state index in [-0.39, 0.29) is 0 Å². The number of ether oxygens (including phenoxy) is 4. The minimum Gasteiger partial charge on any atom is -0.496 e. The second-order valence-electron chi connectivity index (χ2n) is 9.45. The monoisotopic (exact) mass is 497 g/mol. The van der Waals surface area contributed by atoms with Gasteiger partial charge in [-0.25, -0.2) is 4.52 Å². The number of hydrogen-bond acceptors (Lipinski definition) is 7. The molecule has 1 saturated carbocycles. The Morgan fingerprint density at radius 2 is 1.80 bits per heavy atom. The third-order valence-corrected chi connectivity index (χ3v) is 7.58. The van der Waals surface area contributed by atoms with E-state index < -0.39 is 0 Å². The van der Waals surface area contributed by atoms with Crippen molar-refractivity contribution in [2.24, 2.45) is 11.8 Å². The van der Waals surface area contributed by atoms with Crippen molar-refractivity contribution in [1.82, 2.24) is 9.61 Å². The highest BCUT2D eigenvalue weighted by atomic mass is 32.2. The fourth-order valence-corrected chi connectivity index (χ4v) is 5.63. The van der Waals surface area contributed by atoms with Crippen LogP contribution in [0, 0.1) is 11.8 Å². The van der Waals surface area contributed by atoms with Crippen molar-refractivity contribution < 1.29 is 18.9 Å². The Morgan fingerprint density at radius 1 is 1.06 bits per heavy atom. The zero-order valence-corrected chi connectivity index (χ0v) is 21.9. The number of hydrogen-bond donors (Lipinski definition) is 0. The van der Waals surface area contributed by atoms with E-state index in [0.29, 0.717) is 12.5 Å². The average Bonchev–Trinajstić information content (AvgIpc) is 3.38. The molecule has 188 valence electrons. The fourth-order valence-electron chi connectivity index (χ4n) is 5.04. The lowest BCUT2D eigenvalue weighted by molar-refractivity contribution is 0.184. The van der Waals surface area contributed by atoms with Crippen LogP contribution in [-0.4, -0.2) is 63.5 Å². The maximum Gasteiger partial charge on any atom is 0.142 e. The first kappa shape index (κ1) is 24.3. The molecule has 2 aromatic heterocycles. The van der Waals surface area contributed by atoms with Gasteiger partial charge in [0.2, 0.25) is 0 Å². The number of thioether (sulfide) groups is 1. The molecule has 1 unspecified atom stereocenters. The number of nitrogens with zero attached hydrogens (tertiary/aromatic N) is 3. The Balaban J connectivity index is 1.64. The maximum atomic E-state index is 5.83. The summed E-state index contributed by atoms with van der Waals surface area (Å²) in [5.41, 5.74) is 5.17. The maximum absolute atomic E-state index is 5.83. The van der Waals surface area contributed by atoms with Crippen LogP contribution < -0.4 is 14.4 Å². The first-order chi connectivity index (χ1) is 17.2. The summed E-state index contributed by atoms with van der Waals surface area (Å²) in [6, 6.07) is 10.4.